The lowest BCUT2D eigenvalue weighted by molar-refractivity contribution is 0.0691. The van der Waals surface area contributed by atoms with Crippen LogP contribution in [-0.2, 0) is 5.75 Å². The number of benzene rings is 1. The molecule has 1 aromatic carbocycles. The van der Waals surface area contributed by atoms with Gasteiger partial charge in [0.15, 0.2) is 5.69 Å². The molecule has 0 unspecified atom stereocenters. The van der Waals surface area contributed by atoms with Gasteiger partial charge in [-0.1, -0.05) is 38.0 Å². The van der Waals surface area contributed by atoms with E-state index in [1.165, 1.54) is 41.9 Å². The number of carbonyl (C=O) groups is 1. The van der Waals surface area contributed by atoms with Gasteiger partial charge < -0.3 is 5.11 Å². The number of thiazole rings is 1. The van der Waals surface area contributed by atoms with Gasteiger partial charge in [0.2, 0.25) is 0 Å². The molecule has 1 aromatic heterocycles. The molecule has 0 spiro atoms. The monoisotopic (exact) mass is 321 g/mol. The van der Waals surface area contributed by atoms with E-state index < -0.39 is 5.97 Å². The van der Waals surface area contributed by atoms with Crippen molar-refractivity contribution in [3.63, 3.8) is 0 Å². The van der Waals surface area contributed by atoms with Crippen molar-refractivity contribution in [1.29, 1.82) is 0 Å². The van der Waals surface area contributed by atoms with Crippen LogP contribution < -0.4 is 0 Å². The van der Waals surface area contributed by atoms with E-state index in [-0.39, 0.29) is 5.69 Å². The average Bonchev–Trinajstić information content (AvgIpc) is 2.97. The SMILES string of the molecule is CCCCCSCc1cccc(-c2nc(C(=O)O)cs2)c1. The molecule has 0 saturated carbocycles. The molecule has 0 fully saturated rings. The summed E-state index contributed by atoms with van der Waals surface area (Å²) in [5.74, 6) is 1.22. The smallest absolute Gasteiger partial charge is 0.355 e. The number of hydrogen-bond donors (Lipinski definition) is 1. The van der Waals surface area contributed by atoms with Crippen molar-refractivity contribution >= 4 is 29.1 Å². The number of thioether (sulfide) groups is 1. The highest BCUT2D eigenvalue weighted by molar-refractivity contribution is 7.98. The molecular formula is C16H19NO2S2. The highest BCUT2D eigenvalue weighted by atomic mass is 32.2. The predicted molar refractivity (Wildman–Crippen MR) is 90.2 cm³/mol. The van der Waals surface area contributed by atoms with Crippen LogP contribution in [0.3, 0.4) is 0 Å². The van der Waals surface area contributed by atoms with Crippen LogP contribution >= 0.6 is 23.1 Å². The maximum atomic E-state index is 10.9. The lowest BCUT2D eigenvalue weighted by atomic mass is 10.1. The van der Waals surface area contributed by atoms with Gasteiger partial charge in [0.25, 0.3) is 0 Å². The summed E-state index contributed by atoms with van der Waals surface area (Å²) in [5.41, 5.74) is 2.38. The Balaban J connectivity index is 1.98. The van der Waals surface area contributed by atoms with Crippen LogP contribution in [0.15, 0.2) is 29.6 Å². The van der Waals surface area contributed by atoms with Gasteiger partial charge in [0.05, 0.1) is 0 Å². The average molecular weight is 321 g/mol. The molecule has 2 aromatic rings. The van der Waals surface area contributed by atoms with Crippen LogP contribution in [0.5, 0.6) is 0 Å². The Labute approximate surface area is 133 Å². The maximum absolute atomic E-state index is 10.9. The summed E-state index contributed by atoms with van der Waals surface area (Å²) in [4.78, 5) is 15.0. The molecule has 0 amide bonds. The normalized spacial score (nSPS) is 10.7. The van der Waals surface area contributed by atoms with Gasteiger partial charge in [-0.15, -0.1) is 11.3 Å². The van der Waals surface area contributed by atoms with Crippen LogP contribution in [0, 0.1) is 0 Å². The first-order valence-corrected chi connectivity index (χ1v) is 9.10. The van der Waals surface area contributed by atoms with Crippen molar-refractivity contribution in [2.75, 3.05) is 5.75 Å². The molecule has 0 saturated heterocycles. The van der Waals surface area contributed by atoms with E-state index in [1.807, 2.05) is 23.9 Å². The molecule has 1 heterocycles. The van der Waals surface area contributed by atoms with Gasteiger partial charge in [-0.05, 0) is 23.8 Å². The second kappa shape index (κ2) is 8.20. The Bertz CT molecular complexity index is 595. The Morgan fingerprint density at radius 3 is 2.95 bits per heavy atom. The number of unbranched alkanes of at least 4 members (excludes halogenated alkanes) is 2. The molecule has 2 rings (SSSR count). The minimum atomic E-state index is -0.972. The first-order valence-electron chi connectivity index (χ1n) is 7.06. The zero-order valence-corrected chi connectivity index (χ0v) is 13.7. The minimum absolute atomic E-state index is 0.120. The number of aromatic carboxylic acids is 1. The van der Waals surface area contributed by atoms with Gasteiger partial charge in [0, 0.05) is 16.7 Å². The van der Waals surface area contributed by atoms with E-state index in [9.17, 15) is 4.79 Å². The molecule has 3 nitrogen and oxygen atoms in total. The summed E-state index contributed by atoms with van der Waals surface area (Å²) in [6.45, 7) is 2.22. The molecule has 1 N–H and O–H groups in total. The molecule has 0 atom stereocenters. The highest BCUT2D eigenvalue weighted by Crippen LogP contribution is 2.26. The first kappa shape index (κ1) is 16.0. The summed E-state index contributed by atoms with van der Waals surface area (Å²) in [7, 11) is 0. The minimum Gasteiger partial charge on any atom is -0.476 e. The Hall–Kier alpha value is -1.33. The van der Waals surface area contributed by atoms with Crippen molar-refractivity contribution in [3.05, 3.63) is 40.9 Å². The molecule has 112 valence electrons. The molecule has 0 aliphatic carbocycles. The van der Waals surface area contributed by atoms with Crippen LogP contribution in [0.4, 0.5) is 0 Å². The summed E-state index contributed by atoms with van der Waals surface area (Å²) in [6, 6.07) is 8.22. The van der Waals surface area contributed by atoms with Crippen molar-refractivity contribution in [1.82, 2.24) is 4.98 Å². The number of aromatic nitrogens is 1. The van der Waals surface area contributed by atoms with Gasteiger partial charge in [-0.2, -0.15) is 11.8 Å². The number of carboxylic acids is 1. The van der Waals surface area contributed by atoms with Crippen molar-refractivity contribution < 1.29 is 9.90 Å². The van der Waals surface area contributed by atoms with E-state index in [0.29, 0.717) is 0 Å². The van der Waals surface area contributed by atoms with Gasteiger partial charge >= 0.3 is 5.97 Å². The van der Waals surface area contributed by atoms with Crippen LogP contribution in [-0.4, -0.2) is 21.8 Å². The third-order valence-electron chi connectivity index (χ3n) is 3.06. The predicted octanol–water partition coefficient (Wildman–Crippen LogP) is 4.93. The van der Waals surface area contributed by atoms with Crippen LogP contribution in [0.1, 0.15) is 42.2 Å². The quantitative estimate of drug-likeness (QED) is 0.700. The lowest BCUT2D eigenvalue weighted by Gasteiger charge is -2.04. The Kier molecular flexibility index (Phi) is 6.26. The highest BCUT2D eigenvalue weighted by Gasteiger charge is 2.10. The summed E-state index contributed by atoms with van der Waals surface area (Å²) in [5, 5.41) is 11.3. The van der Waals surface area contributed by atoms with Crippen LogP contribution in [0.2, 0.25) is 0 Å². The van der Waals surface area contributed by atoms with E-state index in [1.54, 1.807) is 5.38 Å². The zero-order valence-electron chi connectivity index (χ0n) is 12.0. The van der Waals surface area contributed by atoms with Crippen molar-refractivity contribution in [3.8, 4) is 10.6 Å². The van der Waals surface area contributed by atoms with Gasteiger partial charge in [-0.3, -0.25) is 0 Å². The topological polar surface area (TPSA) is 50.2 Å². The lowest BCUT2D eigenvalue weighted by Crippen LogP contribution is -1.95. The van der Waals surface area contributed by atoms with Crippen molar-refractivity contribution in [2.45, 2.75) is 31.9 Å². The van der Waals surface area contributed by atoms with E-state index in [0.717, 1.165) is 16.3 Å². The summed E-state index contributed by atoms with van der Waals surface area (Å²) >= 11 is 3.33. The Morgan fingerprint density at radius 1 is 1.38 bits per heavy atom. The summed E-state index contributed by atoms with van der Waals surface area (Å²) < 4.78 is 0. The van der Waals surface area contributed by atoms with Crippen molar-refractivity contribution in [2.24, 2.45) is 0 Å². The molecule has 0 bridgehead atoms. The number of hydrogen-bond acceptors (Lipinski definition) is 4. The second-order valence-corrected chi connectivity index (χ2v) is 6.77. The maximum Gasteiger partial charge on any atom is 0.355 e. The number of carboxylic acid groups (broad SMARTS) is 1. The summed E-state index contributed by atoms with van der Waals surface area (Å²) in [6.07, 6.45) is 3.82. The Morgan fingerprint density at radius 2 is 2.24 bits per heavy atom. The number of rotatable bonds is 8. The van der Waals surface area contributed by atoms with E-state index in [2.05, 4.69) is 24.0 Å². The van der Waals surface area contributed by atoms with Gasteiger partial charge in [-0.25, -0.2) is 9.78 Å². The molecular weight excluding hydrogens is 302 g/mol. The second-order valence-electron chi connectivity index (χ2n) is 4.80. The molecule has 0 aliphatic rings. The fourth-order valence-corrected chi connectivity index (χ4v) is 3.70. The van der Waals surface area contributed by atoms with Gasteiger partial charge in [0.1, 0.15) is 5.01 Å². The number of nitrogens with zero attached hydrogens (tertiary/aromatic N) is 1. The third-order valence-corrected chi connectivity index (χ3v) is 5.06. The molecule has 21 heavy (non-hydrogen) atoms. The largest absolute Gasteiger partial charge is 0.476 e. The first-order chi connectivity index (χ1) is 10.2. The van der Waals surface area contributed by atoms with E-state index >= 15 is 0 Å². The fourth-order valence-electron chi connectivity index (χ4n) is 1.94. The zero-order chi connectivity index (χ0) is 15.1. The molecule has 0 aliphatic heterocycles. The van der Waals surface area contributed by atoms with Crippen LogP contribution in [0.25, 0.3) is 10.6 Å². The molecule has 0 radical (unpaired) electrons. The standard InChI is InChI=1S/C16H19NO2S2/c1-2-3-4-8-20-10-12-6-5-7-13(9-12)15-17-14(11-21-15)16(18)19/h5-7,9,11H,2-4,8,10H2,1H3,(H,18,19). The fraction of sp³-hybridized carbons (Fsp3) is 0.375. The van der Waals surface area contributed by atoms with E-state index in [4.69, 9.17) is 5.11 Å². The molecule has 5 heteroatoms. The third kappa shape index (κ3) is 4.86.